The van der Waals surface area contributed by atoms with Gasteiger partial charge in [-0.1, -0.05) is 41.4 Å². The fourth-order valence-corrected chi connectivity index (χ4v) is 5.53. The van der Waals surface area contributed by atoms with Gasteiger partial charge in [-0.2, -0.15) is 5.10 Å². The van der Waals surface area contributed by atoms with Crippen molar-refractivity contribution in [3.63, 3.8) is 0 Å². The molecular weight excluding hydrogens is 463 g/mol. The first-order chi connectivity index (χ1) is 15.4. The molecule has 0 bridgehead atoms. The van der Waals surface area contributed by atoms with E-state index in [1.54, 1.807) is 0 Å². The molecule has 32 heavy (non-hydrogen) atoms. The van der Waals surface area contributed by atoms with Crippen LogP contribution in [0.4, 0.5) is 5.69 Å². The first-order valence-electron chi connectivity index (χ1n) is 10.4. The number of aryl methyl sites for hydroxylation is 2. The number of thiophene rings is 1. The summed E-state index contributed by atoms with van der Waals surface area (Å²) in [4.78, 5) is 19.3. The zero-order chi connectivity index (χ0) is 22.4. The number of anilines is 1. The van der Waals surface area contributed by atoms with Crippen LogP contribution in [0.15, 0.2) is 48.5 Å². The van der Waals surface area contributed by atoms with Gasteiger partial charge in [0.25, 0.3) is 5.91 Å². The lowest BCUT2D eigenvalue weighted by atomic mass is 10.1. The molecule has 1 saturated heterocycles. The number of hydrogen-bond donors (Lipinski definition) is 0. The van der Waals surface area contributed by atoms with E-state index in [1.165, 1.54) is 16.9 Å². The van der Waals surface area contributed by atoms with E-state index >= 15 is 0 Å². The van der Waals surface area contributed by atoms with Gasteiger partial charge in [-0.15, -0.1) is 11.3 Å². The average Bonchev–Trinajstić information content (AvgIpc) is 3.36. The van der Waals surface area contributed by atoms with Crippen molar-refractivity contribution in [1.29, 1.82) is 0 Å². The molecule has 0 aliphatic carbocycles. The second-order valence-corrected chi connectivity index (χ2v) is 9.92. The molecule has 1 aliphatic heterocycles. The molecule has 5 nitrogen and oxygen atoms in total. The molecule has 4 aromatic rings. The molecule has 0 saturated carbocycles. The Labute approximate surface area is 200 Å². The molecule has 5 rings (SSSR count). The third-order valence-electron chi connectivity index (χ3n) is 5.92. The largest absolute Gasteiger partial charge is 0.368 e. The van der Waals surface area contributed by atoms with Crippen molar-refractivity contribution >= 4 is 56.3 Å². The molecule has 0 radical (unpaired) electrons. The highest BCUT2D eigenvalue weighted by Crippen LogP contribution is 2.35. The maximum absolute atomic E-state index is 13.3. The highest BCUT2D eigenvalue weighted by atomic mass is 35.5. The molecule has 0 spiro atoms. The second kappa shape index (κ2) is 8.43. The summed E-state index contributed by atoms with van der Waals surface area (Å²) >= 11 is 13.7. The topological polar surface area (TPSA) is 41.4 Å². The smallest absolute Gasteiger partial charge is 0.264 e. The molecule has 0 atom stereocenters. The summed E-state index contributed by atoms with van der Waals surface area (Å²) < 4.78 is 1.85. The number of carbonyl (C=O) groups excluding carboxylic acids is 1. The summed E-state index contributed by atoms with van der Waals surface area (Å²) in [6, 6.07) is 15.6. The Morgan fingerprint density at radius 2 is 1.66 bits per heavy atom. The van der Waals surface area contributed by atoms with E-state index in [1.807, 2.05) is 65.2 Å². The molecular formula is C24H22Cl2N4OS. The van der Waals surface area contributed by atoms with E-state index in [-0.39, 0.29) is 5.91 Å². The minimum absolute atomic E-state index is 0.0794. The van der Waals surface area contributed by atoms with Crippen molar-refractivity contribution in [2.75, 3.05) is 31.1 Å². The summed E-state index contributed by atoms with van der Waals surface area (Å²) in [7, 11) is 1.92. The Kier molecular flexibility index (Phi) is 5.61. The Bertz CT molecular complexity index is 1300. The van der Waals surface area contributed by atoms with Gasteiger partial charge in [-0.3, -0.25) is 9.48 Å². The normalized spacial score (nSPS) is 14.4. The number of halogens is 2. The van der Waals surface area contributed by atoms with Crippen LogP contribution in [0.25, 0.3) is 21.5 Å². The molecule has 1 amide bonds. The van der Waals surface area contributed by atoms with Crippen molar-refractivity contribution < 1.29 is 4.79 Å². The summed E-state index contributed by atoms with van der Waals surface area (Å²) in [5.41, 5.74) is 4.20. The number of benzene rings is 2. The van der Waals surface area contributed by atoms with Crippen molar-refractivity contribution in [2.45, 2.75) is 6.92 Å². The third-order valence-corrected chi connectivity index (χ3v) is 7.60. The van der Waals surface area contributed by atoms with Crippen LogP contribution in [0.2, 0.25) is 10.0 Å². The third kappa shape index (κ3) is 3.87. The van der Waals surface area contributed by atoms with Crippen LogP contribution in [0.1, 0.15) is 15.2 Å². The van der Waals surface area contributed by atoms with Crippen LogP contribution >= 0.6 is 34.5 Å². The van der Waals surface area contributed by atoms with Gasteiger partial charge in [0.05, 0.1) is 4.88 Å². The number of piperazine rings is 1. The van der Waals surface area contributed by atoms with Gasteiger partial charge in [0.1, 0.15) is 10.5 Å². The lowest BCUT2D eigenvalue weighted by molar-refractivity contribution is 0.0751. The van der Waals surface area contributed by atoms with Gasteiger partial charge in [0.15, 0.2) is 0 Å². The van der Waals surface area contributed by atoms with E-state index in [0.717, 1.165) is 50.2 Å². The molecule has 0 N–H and O–H groups in total. The molecule has 0 unspecified atom stereocenters. The Morgan fingerprint density at radius 3 is 2.38 bits per heavy atom. The number of nitrogens with zero attached hydrogens (tertiary/aromatic N) is 4. The first kappa shape index (κ1) is 21.3. The Morgan fingerprint density at radius 1 is 0.969 bits per heavy atom. The van der Waals surface area contributed by atoms with E-state index in [2.05, 4.69) is 16.9 Å². The van der Waals surface area contributed by atoms with Crippen LogP contribution < -0.4 is 4.90 Å². The summed E-state index contributed by atoms with van der Waals surface area (Å²) in [5.74, 6) is 0.0794. The van der Waals surface area contributed by atoms with E-state index < -0.39 is 0 Å². The van der Waals surface area contributed by atoms with E-state index in [0.29, 0.717) is 18.1 Å². The van der Waals surface area contributed by atoms with E-state index in [4.69, 9.17) is 23.2 Å². The van der Waals surface area contributed by atoms with Gasteiger partial charge in [-0.25, -0.2) is 0 Å². The van der Waals surface area contributed by atoms with Crippen LogP contribution in [-0.4, -0.2) is 46.8 Å². The maximum atomic E-state index is 13.3. The fourth-order valence-electron chi connectivity index (χ4n) is 4.20. The maximum Gasteiger partial charge on any atom is 0.264 e. The van der Waals surface area contributed by atoms with Crippen molar-refractivity contribution in [1.82, 2.24) is 14.7 Å². The van der Waals surface area contributed by atoms with Gasteiger partial charge in [0, 0.05) is 59.9 Å². The molecule has 164 valence electrons. The Balaban J connectivity index is 1.36. The van der Waals surface area contributed by atoms with Crippen molar-refractivity contribution in [3.05, 3.63) is 69.0 Å². The molecule has 1 fully saturated rings. The number of fused-ring (bicyclic) bond motifs is 1. The zero-order valence-electron chi connectivity index (χ0n) is 17.8. The predicted octanol–water partition coefficient (Wildman–Crippen LogP) is 5.88. The molecule has 2 aromatic carbocycles. The van der Waals surface area contributed by atoms with E-state index in [9.17, 15) is 4.79 Å². The molecule has 8 heteroatoms. The number of hydrogen-bond acceptors (Lipinski definition) is 4. The first-order valence-corrected chi connectivity index (χ1v) is 12.0. The van der Waals surface area contributed by atoms with Gasteiger partial charge < -0.3 is 9.80 Å². The number of carbonyl (C=O) groups is 1. The van der Waals surface area contributed by atoms with Crippen LogP contribution in [0.5, 0.6) is 0 Å². The lowest BCUT2D eigenvalue weighted by Gasteiger charge is -2.36. The van der Waals surface area contributed by atoms with Gasteiger partial charge in [-0.05, 0) is 42.8 Å². The molecule has 3 heterocycles. The SMILES string of the molecule is Cc1ccc(Cl)cc1N1CCN(C(=O)c2cc3c(-c4ccc(Cl)cc4)nn(C)c3s2)CC1. The Hall–Kier alpha value is -2.54. The summed E-state index contributed by atoms with van der Waals surface area (Å²) in [6.45, 7) is 5.03. The number of rotatable bonds is 3. The standard InChI is InChI=1S/C24H22Cl2N4OS/c1-15-3-6-18(26)13-20(15)29-9-11-30(12-10-29)23(31)21-14-19-22(27-28(2)24(19)32-21)16-4-7-17(25)8-5-16/h3-8,13-14H,9-12H2,1-2H3. The molecule has 1 aliphatic rings. The quantitative estimate of drug-likeness (QED) is 0.364. The average molecular weight is 485 g/mol. The minimum atomic E-state index is 0.0794. The number of amides is 1. The summed E-state index contributed by atoms with van der Waals surface area (Å²) in [5, 5.41) is 7.08. The predicted molar refractivity (Wildman–Crippen MR) is 133 cm³/mol. The summed E-state index contributed by atoms with van der Waals surface area (Å²) in [6.07, 6.45) is 0. The second-order valence-electron chi connectivity index (χ2n) is 8.02. The molecule has 2 aromatic heterocycles. The van der Waals surface area contributed by atoms with Gasteiger partial charge >= 0.3 is 0 Å². The van der Waals surface area contributed by atoms with Crippen molar-refractivity contribution in [2.24, 2.45) is 7.05 Å². The van der Waals surface area contributed by atoms with Crippen LogP contribution in [0.3, 0.4) is 0 Å². The zero-order valence-corrected chi connectivity index (χ0v) is 20.1. The van der Waals surface area contributed by atoms with Crippen LogP contribution in [-0.2, 0) is 7.05 Å². The van der Waals surface area contributed by atoms with Crippen molar-refractivity contribution in [3.8, 4) is 11.3 Å². The minimum Gasteiger partial charge on any atom is -0.368 e. The monoisotopic (exact) mass is 484 g/mol. The fraction of sp³-hybridized carbons (Fsp3) is 0.250. The lowest BCUT2D eigenvalue weighted by Crippen LogP contribution is -2.48. The number of aromatic nitrogens is 2. The highest BCUT2D eigenvalue weighted by molar-refractivity contribution is 7.20. The van der Waals surface area contributed by atoms with Gasteiger partial charge in [0.2, 0.25) is 0 Å². The highest BCUT2D eigenvalue weighted by Gasteiger charge is 2.26. The van der Waals surface area contributed by atoms with Crippen LogP contribution in [0, 0.1) is 6.92 Å².